The normalized spacial score (nSPS) is 11.2. The Kier molecular flexibility index (Phi) is 5.40. The number of hydrogen-bond donors (Lipinski definition) is 2. The molecule has 0 unspecified atom stereocenters. The maximum Gasteiger partial charge on any atom is 0.320 e. The molecule has 1 amide bonds. The van der Waals surface area contributed by atoms with Gasteiger partial charge in [0, 0.05) is 27.1 Å². The van der Waals surface area contributed by atoms with E-state index in [1.54, 1.807) is 6.20 Å². The summed E-state index contributed by atoms with van der Waals surface area (Å²) in [6.45, 7) is 0.284. The minimum Gasteiger partial charge on any atom is -0.361 e. The fraction of sp³-hybridized carbons (Fsp3) is 0.0500. The molecule has 2 heterocycles. The lowest BCUT2D eigenvalue weighted by molar-refractivity contribution is -0.385. The predicted octanol–water partition coefficient (Wildman–Crippen LogP) is 3.85. The average Bonchev–Trinajstić information content (AvgIpc) is 3.33. The van der Waals surface area contributed by atoms with Crippen molar-refractivity contribution >= 4 is 44.6 Å². The summed E-state index contributed by atoms with van der Waals surface area (Å²) in [7, 11) is 0. The van der Waals surface area contributed by atoms with E-state index in [9.17, 15) is 14.9 Å². The Morgan fingerprint density at radius 1 is 1.30 bits per heavy atom. The van der Waals surface area contributed by atoms with E-state index in [0.717, 1.165) is 26.5 Å². The van der Waals surface area contributed by atoms with Gasteiger partial charge in [0.2, 0.25) is 5.69 Å². The first-order valence-corrected chi connectivity index (χ1v) is 9.66. The van der Waals surface area contributed by atoms with Gasteiger partial charge in [-0.1, -0.05) is 46.3 Å². The molecule has 2 aromatic carbocycles. The Morgan fingerprint density at radius 3 is 2.93 bits per heavy atom. The fourth-order valence-corrected chi connectivity index (χ4v) is 3.47. The highest BCUT2D eigenvalue weighted by atomic mass is 79.9. The van der Waals surface area contributed by atoms with Crippen molar-refractivity contribution in [3.05, 3.63) is 92.3 Å². The second kappa shape index (κ2) is 8.29. The Labute approximate surface area is 178 Å². The predicted molar refractivity (Wildman–Crippen MR) is 115 cm³/mol. The molecule has 0 atom stereocenters. The summed E-state index contributed by atoms with van der Waals surface area (Å²) in [6.07, 6.45) is 4.47. The van der Waals surface area contributed by atoms with Gasteiger partial charge in [0.1, 0.15) is 6.20 Å². The standard InChI is InChI=1S/C20H15BrN6O3/c21-15-5-3-4-13(8-15)11-26-12-18(27(29)30)19(25-26)20(28)24-23-10-14-9-22-17-7-2-1-6-16(14)17/h1-10,12,22H,11H2,(H,24,28)/b23-10-. The van der Waals surface area contributed by atoms with Gasteiger partial charge in [-0.15, -0.1) is 0 Å². The number of amides is 1. The van der Waals surface area contributed by atoms with Crippen molar-refractivity contribution in [3.63, 3.8) is 0 Å². The van der Waals surface area contributed by atoms with Crippen LogP contribution in [0.2, 0.25) is 0 Å². The van der Waals surface area contributed by atoms with E-state index in [4.69, 9.17) is 0 Å². The molecule has 0 saturated heterocycles. The lowest BCUT2D eigenvalue weighted by Gasteiger charge is -2.01. The molecule has 0 radical (unpaired) electrons. The van der Waals surface area contributed by atoms with Crippen LogP contribution in [0.15, 0.2) is 70.5 Å². The Hall–Kier alpha value is -3.79. The van der Waals surface area contributed by atoms with E-state index in [1.807, 2.05) is 48.5 Å². The highest BCUT2D eigenvalue weighted by molar-refractivity contribution is 9.10. The van der Waals surface area contributed by atoms with Gasteiger partial charge in [0.15, 0.2) is 0 Å². The minimum atomic E-state index is -0.759. The molecule has 0 aliphatic rings. The number of para-hydroxylation sites is 1. The van der Waals surface area contributed by atoms with E-state index >= 15 is 0 Å². The van der Waals surface area contributed by atoms with Gasteiger partial charge < -0.3 is 4.98 Å². The largest absolute Gasteiger partial charge is 0.361 e. The number of rotatable bonds is 6. The molecule has 0 bridgehead atoms. The quantitative estimate of drug-likeness (QED) is 0.254. The SMILES string of the molecule is O=C(N/N=C\c1c[nH]c2ccccc12)c1nn(Cc2cccc(Br)c2)cc1[N+](=O)[O-]. The van der Waals surface area contributed by atoms with Crippen molar-refractivity contribution in [2.45, 2.75) is 6.54 Å². The molecule has 2 N–H and O–H groups in total. The van der Waals surface area contributed by atoms with Gasteiger partial charge in [-0.3, -0.25) is 19.6 Å². The van der Waals surface area contributed by atoms with Crippen LogP contribution in [0.5, 0.6) is 0 Å². The Balaban J connectivity index is 1.52. The Bertz CT molecular complexity index is 1280. The highest BCUT2D eigenvalue weighted by Crippen LogP contribution is 2.19. The Morgan fingerprint density at radius 2 is 2.13 bits per heavy atom. The number of aromatic nitrogens is 3. The van der Waals surface area contributed by atoms with Crippen LogP contribution >= 0.6 is 15.9 Å². The van der Waals surface area contributed by atoms with Crippen LogP contribution in [0.4, 0.5) is 5.69 Å². The number of H-pyrrole nitrogens is 1. The number of carbonyl (C=O) groups excluding carboxylic acids is 1. The maximum absolute atomic E-state index is 12.5. The molecule has 4 rings (SSSR count). The molecular formula is C20H15BrN6O3. The number of benzene rings is 2. The summed E-state index contributed by atoms with van der Waals surface area (Å²) in [4.78, 5) is 26.3. The molecular weight excluding hydrogens is 452 g/mol. The minimum absolute atomic E-state index is 0.284. The van der Waals surface area contributed by atoms with Gasteiger partial charge in [-0.2, -0.15) is 10.2 Å². The van der Waals surface area contributed by atoms with Crippen molar-refractivity contribution in [2.75, 3.05) is 0 Å². The van der Waals surface area contributed by atoms with E-state index in [0.29, 0.717) is 0 Å². The smallest absolute Gasteiger partial charge is 0.320 e. The number of hydrogen-bond acceptors (Lipinski definition) is 5. The van der Waals surface area contributed by atoms with Crippen molar-refractivity contribution in [2.24, 2.45) is 5.10 Å². The van der Waals surface area contributed by atoms with Crippen molar-refractivity contribution < 1.29 is 9.72 Å². The highest BCUT2D eigenvalue weighted by Gasteiger charge is 2.25. The first-order valence-electron chi connectivity index (χ1n) is 8.87. The summed E-state index contributed by atoms with van der Waals surface area (Å²) in [5.74, 6) is -0.759. The number of nitrogens with zero attached hydrogens (tertiary/aromatic N) is 4. The zero-order chi connectivity index (χ0) is 21.1. The third-order valence-electron chi connectivity index (χ3n) is 4.38. The monoisotopic (exact) mass is 466 g/mol. The number of nitro groups is 1. The first-order chi connectivity index (χ1) is 14.5. The van der Waals surface area contributed by atoms with Crippen LogP contribution in [0.3, 0.4) is 0 Å². The van der Waals surface area contributed by atoms with Crippen molar-refractivity contribution in [1.82, 2.24) is 20.2 Å². The number of aromatic amines is 1. The molecule has 10 heteroatoms. The summed E-state index contributed by atoms with van der Waals surface area (Å²) in [5.41, 5.74) is 4.22. The number of fused-ring (bicyclic) bond motifs is 1. The van der Waals surface area contributed by atoms with Crippen LogP contribution in [-0.4, -0.2) is 31.8 Å². The van der Waals surface area contributed by atoms with Gasteiger partial charge >= 0.3 is 5.69 Å². The van der Waals surface area contributed by atoms with Crippen molar-refractivity contribution in [3.8, 4) is 0 Å². The summed E-state index contributed by atoms with van der Waals surface area (Å²) >= 11 is 3.38. The average molecular weight is 467 g/mol. The number of nitrogens with one attached hydrogen (secondary N) is 2. The van der Waals surface area contributed by atoms with Gasteiger partial charge in [-0.05, 0) is 23.8 Å². The van der Waals surface area contributed by atoms with E-state index in [2.05, 4.69) is 36.5 Å². The molecule has 0 saturated carbocycles. The second-order valence-electron chi connectivity index (χ2n) is 6.44. The molecule has 2 aromatic heterocycles. The molecule has 0 fully saturated rings. The molecule has 150 valence electrons. The van der Waals surface area contributed by atoms with E-state index in [-0.39, 0.29) is 17.9 Å². The lowest BCUT2D eigenvalue weighted by atomic mass is 10.2. The van der Waals surface area contributed by atoms with E-state index < -0.39 is 10.8 Å². The van der Waals surface area contributed by atoms with Crippen LogP contribution in [0.1, 0.15) is 21.6 Å². The molecule has 0 spiro atoms. The summed E-state index contributed by atoms with van der Waals surface area (Å²) < 4.78 is 2.24. The zero-order valence-corrected chi connectivity index (χ0v) is 17.0. The second-order valence-corrected chi connectivity index (χ2v) is 7.35. The topological polar surface area (TPSA) is 118 Å². The number of carbonyl (C=O) groups is 1. The van der Waals surface area contributed by atoms with Crippen LogP contribution < -0.4 is 5.43 Å². The molecule has 9 nitrogen and oxygen atoms in total. The summed E-state index contributed by atoms with van der Waals surface area (Å²) in [6, 6.07) is 15.1. The molecule has 0 aliphatic heterocycles. The molecule has 4 aromatic rings. The van der Waals surface area contributed by atoms with Crippen LogP contribution in [0, 0.1) is 10.1 Å². The summed E-state index contributed by atoms with van der Waals surface area (Å²) in [5, 5.41) is 20.3. The fourth-order valence-electron chi connectivity index (χ4n) is 3.02. The molecule has 30 heavy (non-hydrogen) atoms. The lowest BCUT2D eigenvalue weighted by Crippen LogP contribution is -2.19. The maximum atomic E-state index is 12.5. The number of halogens is 1. The zero-order valence-electron chi connectivity index (χ0n) is 15.4. The number of hydrazone groups is 1. The van der Waals surface area contributed by atoms with Gasteiger partial charge in [-0.25, -0.2) is 5.43 Å². The van der Waals surface area contributed by atoms with Gasteiger partial charge in [0.05, 0.1) is 17.7 Å². The molecule has 0 aliphatic carbocycles. The van der Waals surface area contributed by atoms with Gasteiger partial charge in [0.25, 0.3) is 5.91 Å². The third-order valence-corrected chi connectivity index (χ3v) is 4.87. The first kappa shape index (κ1) is 19.5. The van der Waals surface area contributed by atoms with Crippen LogP contribution in [-0.2, 0) is 6.54 Å². The van der Waals surface area contributed by atoms with E-state index in [1.165, 1.54) is 17.1 Å². The third kappa shape index (κ3) is 4.13. The van der Waals surface area contributed by atoms with Crippen molar-refractivity contribution in [1.29, 1.82) is 0 Å². The van der Waals surface area contributed by atoms with Crippen LogP contribution in [0.25, 0.3) is 10.9 Å².